The number of benzene rings is 2. The van der Waals surface area contributed by atoms with E-state index < -0.39 is 0 Å². The van der Waals surface area contributed by atoms with Crippen molar-refractivity contribution in [1.82, 2.24) is 4.90 Å². The van der Waals surface area contributed by atoms with Gasteiger partial charge in [-0.1, -0.05) is 23.7 Å². The average Bonchev–Trinajstić information content (AvgIpc) is 3.19. The topological polar surface area (TPSA) is 32.8 Å². The molecule has 2 saturated heterocycles. The van der Waals surface area contributed by atoms with E-state index in [0.717, 1.165) is 36.4 Å². The molecule has 0 N–H and O–H groups in total. The zero-order valence-corrected chi connectivity index (χ0v) is 14.9. The number of anilines is 1. The molecule has 0 radical (unpaired) electrons. The Morgan fingerprint density at radius 2 is 1.84 bits per heavy atom. The van der Waals surface area contributed by atoms with Crippen LogP contribution in [0.25, 0.3) is 0 Å². The highest BCUT2D eigenvalue weighted by Gasteiger charge is 2.49. The van der Waals surface area contributed by atoms with Gasteiger partial charge in [0.25, 0.3) is 0 Å². The van der Waals surface area contributed by atoms with Crippen molar-refractivity contribution < 1.29 is 9.53 Å². The Kier molecular flexibility index (Phi) is 4.40. The summed E-state index contributed by atoms with van der Waals surface area (Å²) in [6.45, 7) is 3.56. The molecule has 2 atom stereocenters. The molecule has 0 spiro atoms. The molecular weight excluding hydrogens is 336 g/mol. The molecule has 2 aliphatic heterocycles. The maximum absolute atomic E-state index is 13.1. The number of amides is 1. The van der Waals surface area contributed by atoms with Crippen molar-refractivity contribution in [2.45, 2.75) is 32.0 Å². The Balaban J connectivity index is 1.72. The first kappa shape index (κ1) is 16.4. The van der Waals surface area contributed by atoms with E-state index in [-0.39, 0.29) is 18.1 Å². The van der Waals surface area contributed by atoms with Gasteiger partial charge in [0, 0.05) is 17.3 Å². The molecule has 2 aliphatic rings. The lowest BCUT2D eigenvalue weighted by Gasteiger charge is -2.30. The molecule has 0 unspecified atom stereocenters. The van der Waals surface area contributed by atoms with Crippen LogP contribution in [0.2, 0.25) is 5.02 Å². The van der Waals surface area contributed by atoms with Crippen molar-refractivity contribution in [3.05, 3.63) is 59.1 Å². The Morgan fingerprint density at radius 3 is 2.52 bits per heavy atom. The summed E-state index contributed by atoms with van der Waals surface area (Å²) in [6.07, 6.45) is 1.92. The normalized spacial score (nSPS) is 23.1. The predicted molar refractivity (Wildman–Crippen MR) is 99.0 cm³/mol. The predicted octanol–water partition coefficient (Wildman–Crippen LogP) is 4.25. The number of fused-ring (bicyclic) bond motifs is 1. The molecule has 25 heavy (non-hydrogen) atoms. The number of nitrogens with zero attached hydrogens (tertiary/aromatic N) is 2. The van der Waals surface area contributed by atoms with Crippen molar-refractivity contribution in [3.63, 3.8) is 0 Å². The lowest BCUT2D eigenvalue weighted by molar-refractivity contribution is -0.119. The molecule has 2 fully saturated rings. The summed E-state index contributed by atoms with van der Waals surface area (Å²) in [6, 6.07) is 15.6. The fourth-order valence-corrected chi connectivity index (χ4v) is 4.02. The molecular formula is C20H21ClN2O2. The molecule has 130 valence electrons. The highest BCUT2D eigenvalue weighted by atomic mass is 35.5. The van der Waals surface area contributed by atoms with Crippen LogP contribution in [0.15, 0.2) is 48.5 Å². The van der Waals surface area contributed by atoms with Gasteiger partial charge in [-0.25, -0.2) is 0 Å². The quantitative estimate of drug-likeness (QED) is 0.821. The first-order valence-corrected chi connectivity index (χ1v) is 9.14. The minimum atomic E-state index is -0.0724. The highest BCUT2D eigenvalue weighted by molar-refractivity contribution is 6.30. The van der Waals surface area contributed by atoms with Crippen molar-refractivity contribution in [2.24, 2.45) is 0 Å². The van der Waals surface area contributed by atoms with E-state index in [1.54, 1.807) is 0 Å². The van der Waals surface area contributed by atoms with Crippen LogP contribution in [0, 0.1) is 0 Å². The van der Waals surface area contributed by atoms with E-state index in [1.807, 2.05) is 48.2 Å². The van der Waals surface area contributed by atoms with Gasteiger partial charge in [0.2, 0.25) is 5.91 Å². The van der Waals surface area contributed by atoms with Crippen LogP contribution in [0.5, 0.6) is 5.75 Å². The first-order chi connectivity index (χ1) is 12.2. The Labute approximate surface area is 152 Å². The van der Waals surface area contributed by atoms with E-state index in [0.29, 0.717) is 11.6 Å². The fourth-order valence-electron chi connectivity index (χ4n) is 3.89. The fraction of sp³-hybridized carbons (Fsp3) is 0.350. The van der Waals surface area contributed by atoms with Gasteiger partial charge in [-0.05, 0) is 61.7 Å². The van der Waals surface area contributed by atoms with E-state index in [2.05, 4.69) is 17.0 Å². The van der Waals surface area contributed by atoms with E-state index in [4.69, 9.17) is 16.3 Å². The molecule has 0 aromatic heterocycles. The van der Waals surface area contributed by atoms with Gasteiger partial charge in [0.1, 0.15) is 11.9 Å². The summed E-state index contributed by atoms with van der Waals surface area (Å²) >= 11 is 6.02. The average molecular weight is 357 g/mol. The van der Waals surface area contributed by atoms with E-state index in [9.17, 15) is 4.79 Å². The van der Waals surface area contributed by atoms with Gasteiger partial charge in [0.05, 0.1) is 12.6 Å². The van der Waals surface area contributed by atoms with E-state index >= 15 is 0 Å². The van der Waals surface area contributed by atoms with Gasteiger partial charge in [0.15, 0.2) is 0 Å². The number of hydrogen-bond acceptors (Lipinski definition) is 3. The molecule has 5 heteroatoms. The van der Waals surface area contributed by atoms with Gasteiger partial charge in [-0.3, -0.25) is 14.6 Å². The number of carbonyl (C=O) groups excluding carboxylic acids is 1. The third-order valence-corrected chi connectivity index (χ3v) is 5.22. The Hall–Kier alpha value is -2.04. The molecule has 2 aromatic rings. The highest BCUT2D eigenvalue weighted by Crippen LogP contribution is 2.42. The van der Waals surface area contributed by atoms with Crippen LogP contribution < -0.4 is 9.64 Å². The monoisotopic (exact) mass is 356 g/mol. The molecule has 4 rings (SSSR count). The van der Waals surface area contributed by atoms with Crippen LogP contribution in [-0.4, -0.2) is 30.0 Å². The smallest absolute Gasteiger partial charge is 0.246 e. The van der Waals surface area contributed by atoms with Crippen molar-refractivity contribution in [2.75, 3.05) is 18.1 Å². The third-order valence-electron chi connectivity index (χ3n) is 4.97. The number of carbonyl (C=O) groups is 1. The summed E-state index contributed by atoms with van der Waals surface area (Å²) in [7, 11) is 0. The number of hydrogen-bond donors (Lipinski definition) is 0. The summed E-state index contributed by atoms with van der Waals surface area (Å²) in [4.78, 5) is 17.3. The molecule has 2 heterocycles. The maximum atomic E-state index is 13.1. The van der Waals surface area contributed by atoms with Crippen molar-refractivity contribution in [3.8, 4) is 5.75 Å². The lowest BCUT2D eigenvalue weighted by Crippen LogP contribution is -2.32. The van der Waals surface area contributed by atoms with Crippen molar-refractivity contribution in [1.29, 1.82) is 0 Å². The Morgan fingerprint density at radius 1 is 1.12 bits per heavy atom. The first-order valence-electron chi connectivity index (χ1n) is 8.76. The van der Waals surface area contributed by atoms with Crippen LogP contribution >= 0.6 is 11.6 Å². The summed E-state index contributed by atoms with van der Waals surface area (Å²) < 4.78 is 5.55. The van der Waals surface area contributed by atoms with Gasteiger partial charge >= 0.3 is 0 Å². The second-order valence-electron chi connectivity index (χ2n) is 6.46. The lowest BCUT2D eigenvalue weighted by atomic mass is 10.1. The minimum Gasteiger partial charge on any atom is -0.494 e. The van der Waals surface area contributed by atoms with Crippen LogP contribution in [-0.2, 0) is 4.79 Å². The molecule has 2 aromatic carbocycles. The van der Waals surface area contributed by atoms with E-state index in [1.165, 1.54) is 0 Å². The number of ether oxygens (including phenoxy) is 1. The zero-order valence-electron chi connectivity index (χ0n) is 14.2. The molecule has 0 saturated carbocycles. The third kappa shape index (κ3) is 2.90. The van der Waals surface area contributed by atoms with Crippen molar-refractivity contribution >= 4 is 23.2 Å². The second kappa shape index (κ2) is 6.70. The maximum Gasteiger partial charge on any atom is 0.246 e. The molecule has 0 bridgehead atoms. The minimum absolute atomic E-state index is 0.0211. The van der Waals surface area contributed by atoms with Crippen LogP contribution in [0.3, 0.4) is 0 Å². The second-order valence-corrected chi connectivity index (χ2v) is 6.89. The van der Waals surface area contributed by atoms with Crippen LogP contribution in [0.4, 0.5) is 5.69 Å². The Bertz CT molecular complexity index is 760. The standard InChI is InChI=1S/C20H21ClN2O2/c1-2-25-17-11-5-14(6-12-17)19-22-13-3-4-18(22)20(24)23(19)16-9-7-15(21)8-10-16/h5-12,18-19H,2-4,13H2,1H3/t18-,19+/m0/s1. The summed E-state index contributed by atoms with van der Waals surface area (Å²) in [5.74, 6) is 1.03. The molecule has 1 amide bonds. The number of rotatable bonds is 4. The molecule has 4 nitrogen and oxygen atoms in total. The SMILES string of the molecule is CCOc1ccc([C@H]2N(c3ccc(Cl)cc3)C(=O)[C@@H]3CCCN32)cc1. The summed E-state index contributed by atoms with van der Waals surface area (Å²) in [5, 5.41) is 0.675. The summed E-state index contributed by atoms with van der Waals surface area (Å²) in [5.41, 5.74) is 2.00. The van der Waals surface area contributed by atoms with Gasteiger partial charge < -0.3 is 4.74 Å². The van der Waals surface area contributed by atoms with Crippen LogP contribution in [0.1, 0.15) is 31.5 Å². The zero-order chi connectivity index (χ0) is 17.4. The number of halogens is 1. The van der Waals surface area contributed by atoms with Gasteiger partial charge in [-0.15, -0.1) is 0 Å². The molecule has 0 aliphatic carbocycles. The van der Waals surface area contributed by atoms with Gasteiger partial charge in [-0.2, -0.15) is 0 Å². The largest absolute Gasteiger partial charge is 0.494 e.